The molecule has 0 aliphatic rings. The molecule has 42 heavy (non-hydrogen) atoms. The Labute approximate surface area is 258 Å². The standard InChI is InChI=1S/2C12H27N.C6H8N2O6S2/c2*1-10(2)7-13(8-11(3)4)9-12(5)6;7-3-1-4(8)6(16(12,13)14)2-5(3)15(9,10)11/h2*10-12H,7-9H2,1-6H3;1-2H,7-8H2,(H,9,10,11)(H,12,13,14). The van der Waals surface area contributed by atoms with Gasteiger partial charge in [0, 0.05) is 35.5 Å². The fourth-order valence-corrected chi connectivity index (χ4v) is 6.29. The van der Waals surface area contributed by atoms with E-state index < -0.39 is 41.4 Å². The van der Waals surface area contributed by atoms with Crippen LogP contribution in [-0.2, 0) is 20.2 Å². The maximum atomic E-state index is 10.7. The lowest BCUT2D eigenvalue weighted by atomic mass is 10.1. The Morgan fingerprint density at radius 2 is 0.690 bits per heavy atom. The van der Waals surface area contributed by atoms with E-state index >= 15 is 0 Å². The summed E-state index contributed by atoms with van der Waals surface area (Å²) in [5.41, 5.74) is 9.30. The SMILES string of the molecule is CC(C)C[NH+](CC(C)C)CC(C)C.CC(C)C[NH+](CC(C)C)CC(C)C.Nc1cc(N)c(S(=O)(=O)[O-])cc1S(=O)(=O)[O-]. The molecule has 0 spiro atoms. The maximum absolute atomic E-state index is 10.7. The van der Waals surface area contributed by atoms with Crippen LogP contribution >= 0.6 is 0 Å². The van der Waals surface area contributed by atoms with Gasteiger partial charge in [-0.2, -0.15) is 0 Å². The van der Waals surface area contributed by atoms with Gasteiger partial charge in [-0.1, -0.05) is 83.1 Å². The zero-order valence-corrected chi connectivity index (χ0v) is 29.9. The minimum Gasteiger partial charge on any atom is -0.744 e. The van der Waals surface area contributed by atoms with Crippen molar-refractivity contribution in [1.29, 1.82) is 0 Å². The van der Waals surface area contributed by atoms with Crippen LogP contribution in [0.4, 0.5) is 11.4 Å². The van der Waals surface area contributed by atoms with Crippen LogP contribution in [0, 0.1) is 35.5 Å². The summed E-state index contributed by atoms with van der Waals surface area (Å²) in [5, 5.41) is 0. The highest BCUT2D eigenvalue weighted by Gasteiger charge is 2.16. The van der Waals surface area contributed by atoms with Crippen molar-refractivity contribution >= 4 is 31.6 Å². The third kappa shape index (κ3) is 21.3. The maximum Gasteiger partial charge on any atom is 0.126 e. The van der Waals surface area contributed by atoms with Crippen LogP contribution in [0.1, 0.15) is 83.1 Å². The van der Waals surface area contributed by atoms with Gasteiger partial charge in [-0.15, -0.1) is 0 Å². The Kier molecular flexibility index (Phi) is 20.1. The molecule has 0 heterocycles. The van der Waals surface area contributed by atoms with Crippen LogP contribution in [0.5, 0.6) is 0 Å². The molecular weight excluding hydrogens is 576 g/mol. The van der Waals surface area contributed by atoms with E-state index in [1.165, 1.54) is 39.3 Å². The van der Waals surface area contributed by atoms with Crippen molar-refractivity contribution in [2.24, 2.45) is 35.5 Å². The van der Waals surface area contributed by atoms with E-state index in [1.807, 2.05) is 0 Å². The Hall–Kier alpha value is -1.44. The van der Waals surface area contributed by atoms with Gasteiger partial charge in [0.25, 0.3) is 0 Å². The average Bonchev–Trinajstić information content (AvgIpc) is 2.69. The highest BCUT2D eigenvalue weighted by Crippen LogP contribution is 2.27. The molecule has 0 atom stereocenters. The van der Waals surface area contributed by atoms with Gasteiger partial charge >= 0.3 is 0 Å². The second-order valence-corrected chi connectivity index (χ2v) is 16.6. The largest absolute Gasteiger partial charge is 0.744 e. The minimum atomic E-state index is -4.97. The molecule has 250 valence electrons. The number of hydrogen-bond donors (Lipinski definition) is 4. The third-order valence-corrected chi connectivity index (χ3v) is 7.65. The molecule has 0 aliphatic carbocycles. The predicted molar refractivity (Wildman–Crippen MR) is 171 cm³/mol. The molecule has 10 nitrogen and oxygen atoms in total. The number of rotatable bonds is 14. The molecule has 1 aromatic carbocycles. The summed E-state index contributed by atoms with van der Waals surface area (Å²) in [6.07, 6.45) is 0. The monoisotopic (exact) mass is 638 g/mol. The van der Waals surface area contributed by atoms with Gasteiger partial charge in [-0.05, 0) is 12.1 Å². The van der Waals surface area contributed by atoms with Gasteiger partial charge in [0.15, 0.2) is 0 Å². The second kappa shape index (κ2) is 19.8. The summed E-state index contributed by atoms with van der Waals surface area (Å²) < 4.78 is 64.0. The van der Waals surface area contributed by atoms with Crippen molar-refractivity contribution in [2.75, 3.05) is 50.7 Å². The smallest absolute Gasteiger partial charge is 0.126 e. The Morgan fingerprint density at radius 3 is 0.833 bits per heavy atom. The van der Waals surface area contributed by atoms with Gasteiger partial charge in [-0.3, -0.25) is 0 Å². The molecule has 0 bridgehead atoms. The summed E-state index contributed by atoms with van der Waals surface area (Å²) in [6, 6.07) is 1.09. The Bertz CT molecular complexity index is 972. The number of quaternary nitrogens is 2. The Morgan fingerprint density at radius 1 is 0.500 bits per heavy atom. The lowest BCUT2D eigenvalue weighted by Crippen LogP contribution is -3.13. The molecule has 1 aromatic rings. The topological polar surface area (TPSA) is 175 Å². The van der Waals surface area contributed by atoms with Crippen LogP contribution in [0.2, 0.25) is 0 Å². The number of anilines is 2. The number of nitrogens with two attached hydrogens (primary N) is 2. The number of hydrogen-bond acceptors (Lipinski definition) is 8. The van der Waals surface area contributed by atoms with Crippen molar-refractivity contribution in [1.82, 2.24) is 0 Å². The fourth-order valence-electron chi connectivity index (χ4n) is 4.99. The summed E-state index contributed by atoms with van der Waals surface area (Å²) in [7, 11) is -9.93. The molecule has 1 rings (SSSR count). The van der Waals surface area contributed by atoms with Gasteiger partial charge < -0.3 is 30.4 Å². The molecule has 0 saturated heterocycles. The second-order valence-electron chi connectivity index (χ2n) is 13.9. The lowest BCUT2D eigenvalue weighted by Gasteiger charge is -2.24. The average molecular weight is 639 g/mol. The van der Waals surface area contributed by atoms with E-state index in [0.717, 1.165) is 41.6 Å². The van der Waals surface area contributed by atoms with Gasteiger partial charge in [0.1, 0.15) is 20.2 Å². The normalized spacial score (nSPS) is 12.5. The van der Waals surface area contributed by atoms with Crippen LogP contribution in [0.3, 0.4) is 0 Å². The zero-order valence-electron chi connectivity index (χ0n) is 28.3. The van der Waals surface area contributed by atoms with Crippen molar-refractivity contribution in [3.63, 3.8) is 0 Å². The van der Waals surface area contributed by atoms with Crippen LogP contribution < -0.4 is 21.3 Å². The number of nitrogen functional groups attached to an aromatic ring is 2. The lowest BCUT2D eigenvalue weighted by molar-refractivity contribution is -0.909. The predicted octanol–water partition coefficient (Wildman–Crippen LogP) is 2.34. The first-order valence-corrected chi connectivity index (χ1v) is 18.0. The zero-order chi connectivity index (χ0) is 33.6. The molecule has 0 unspecified atom stereocenters. The van der Waals surface area contributed by atoms with Gasteiger partial charge in [0.2, 0.25) is 0 Å². The van der Waals surface area contributed by atoms with Gasteiger partial charge in [-0.25, -0.2) is 16.8 Å². The minimum absolute atomic E-state index is 0.356. The van der Waals surface area contributed by atoms with E-state index in [9.17, 15) is 25.9 Å². The first-order chi connectivity index (χ1) is 18.9. The molecule has 0 aliphatic heterocycles. The first-order valence-electron chi connectivity index (χ1n) is 15.1. The van der Waals surface area contributed by atoms with Crippen molar-refractivity contribution < 1.29 is 35.7 Å². The summed E-state index contributed by atoms with van der Waals surface area (Å²) in [6.45, 7) is 35.8. The van der Waals surface area contributed by atoms with E-state index in [0.29, 0.717) is 6.07 Å². The van der Waals surface area contributed by atoms with Crippen molar-refractivity contribution in [2.45, 2.75) is 92.9 Å². The summed E-state index contributed by atoms with van der Waals surface area (Å²) >= 11 is 0. The summed E-state index contributed by atoms with van der Waals surface area (Å²) in [5.74, 6) is 4.96. The van der Waals surface area contributed by atoms with Crippen LogP contribution in [0.15, 0.2) is 21.9 Å². The van der Waals surface area contributed by atoms with E-state index in [-0.39, 0.29) is 0 Å². The molecule has 0 amide bonds. The molecule has 6 N–H and O–H groups in total. The molecule has 0 saturated carbocycles. The number of benzene rings is 1. The van der Waals surface area contributed by atoms with Crippen molar-refractivity contribution in [3.05, 3.63) is 12.1 Å². The van der Waals surface area contributed by atoms with Crippen LogP contribution in [0.25, 0.3) is 0 Å². The van der Waals surface area contributed by atoms with E-state index in [1.54, 1.807) is 9.80 Å². The molecular formula is C30H62N4O6S2. The van der Waals surface area contributed by atoms with E-state index in [4.69, 9.17) is 11.5 Å². The molecule has 0 radical (unpaired) electrons. The molecule has 12 heteroatoms. The van der Waals surface area contributed by atoms with Crippen molar-refractivity contribution in [3.8, 4) is 0 Å². The fraction of sp³-hybridized carbons (Fsp3) is 0.800. The van der Waals surface area contributed by atoms with Crippen LogP contribution in [-0.4, -0.2) is 65.2 Å². The first kappa shape index (κ1) is 42.7. The third-order valence-electron chi connectivity index (χ3n) is 5.86. The molecule has 0 aromatic heterocycles. The highest BCUT2D eigenvalue weighted by molar-refractivity contribution is 7.86. The Balaban J connectivity index is 0. The summed E-state index contributed by atoms with van der Waals surface area (Å²) in [4.78, 5) is 1.58. The highest BCUT2D eigenvalue weighted by atomic mass is 32.2. The molecule has 0 fully saturated rings. The quantitative estimate of drug-likeness (QED) is 0.177. The number of nitrogens with one attached hydrogen (secondary N) is 2. The van der Waals surface area contributed by atoms with Gasteiger partial charge in [0.05, 0.1) is 60.4 Å². The van der Waals surface area contributed by atoms with E-state index in [2.05, 4.69) is 83.1 Å².